The van der Waals surface area contributed by atoms with Crippen LogP contribution < -0.4 is 20.4 Å². The molecule has 0 aromatic heterocycles. The summed E-state index contributed by atoms with van der Waals surface area (Å²) in [6, 6.07) is 27.4. The van der Waals surface area contributed by atoms with E-state index in [0.29, 0.717) is 22.7 Å². The zero-order valence-corrected chi connectivity index (χ0v) is 24.7. The van der Waals surface area contributed by atoms with Gasteiger partial charge in [-0.15, -0.1) is 0 Å². The van der Waals surface area contributed by atoms with Gasteiger partial charge in [0.25, 0.3) is 11.8 Å². The van der Waals surface area contributed by atoms with Crippen molar-refractivity contribution in [3.63, 3.8) is 0 Å². The van der Waals surface area contributed by atoms with Gasteiger partial charge in [-0.3, -0.25) is 29.7 Å². The number of phenols is 1. The van der Waals surface area contributed by atoms with Crippen molar-refractivity contribution >= 4 is 58.3 Å². The van der Waals surface area contributed by atoms with E-state index in [2.05, 4.69) is 15.7 Å². The van der Waals surface area contributed by atoms with Crippen molar-refractivity contribution in [3.8, 4) is 11.5 Å². The van der Waals surface area contributed by atoms with E-state index in [0.717, 1.165) is 16.3 Å². The molecule has 1 unspecified atom stereocenters. The van der Waals surface area contributed by atoms with Gasteiger partial charge in [-0.05, 0) is 79.3 Å². The zero-order chi connectivity index (χ0) is 31.2. The van der Waals surface area contributed by atoms with Gasteiger partial charge in [0.05, 0.1) is 18.5 Å². The van der Waals surface area contributed by atoms with E-state index in [9.17, 15) is 19.5 Å². The van der Waals surface area contributed by atoms with Crippen LogP contribution in [0.2, 0.25) is 0 Å². The monoisotopic (exact) mass is 607 g/mol. The first-order valence-corrected chi connectivity index (χ1v) is 14.1. The zero-order valence-electron chi connectivity index (χ0n) is 23.9. The molecule has 3 amide bonds. The summed E-state index contributed by atoms with van der Waals surface area (Å²) in [5, 5.41) is 13.8. The molecular formula is C33H29N5O5S. The van der Waals surface area contributed by atoms with Crippen LogP contribution in [0.1, 0.15) is 21.5 Å². The number of aliphatic imine (C=N–C) groups is 1. The first-order valence-electron chi connectivity index (χ1n) is 13.7. The minimum absolute atomic E-state index is 0.0349. The molecule has 4 aromatic rings. The molecule has 222 valence electrons. The fourth-order valence-corrected chi connectivity index (χ4v) is 4.93. The number of hydrogen-bond donors (Lipinski definition) is 3. The summed E-state index contributed by atoms with van der Waals surface area (Å²) in [6.45, 7) is 1.88. The summed E-state index contributed by atoms with van der Waals surface area (Å²) in [4.78, 5) is 46.4. The van der Waals surface area contributed by atoms with Crippen LogP contribution in [-0.2, 0) is 9.59 Å². The Morgan fingerprint density at radius 3 is 2.36 bits per heavy atom. The second-order valence-electron chi connectivity index (χ2n) is 9.85. The van der Waals surface area contributed by atoms with Crippen molar-refractivity contribution < 1.29 is 24.2 Å². The Kier molecular flexibility index (Phi) is 8.96. The maximum atomic E-state index is 13.8. The van der Waals surface area contributed by atoms with E-state index in [4.69, 9.17) is 17.0 Å². The number of amides is 3. The number of thiocarbonyl (C=S) groups is 1. The van der Waals surface area contributed by atoms with Gasteiger partial charge in [-0.2, -0.15) is 5.01 Å². The normalized spacial score (nSPS) is 15.0. The number of phenolic OH excluding ortho intramolecular Hbond substituents is 1. The molecule has 1 saturated heterocycles. The molecule has 10 nitrogen and oxygen atoms in total. The average molecular weight is 608 g/mol. The summed E-state index contributed by atoms with van der Waals surface area (Å²) in [7, 11) is 1.47. The minimum Gasteiger partial charge on any atom is -0.507 e. The van der Waals surface area contributed by atoms with Crippen LogP contribution in [0.4, 0.5) is 17.1 Å². The number of hydrazine groups is 1. The van der Waals surface area contributed by atoms with Gasteiger partial charge in [0, 0.05) is 29.6 Å². The number of aromatic hydroxyl groups is 1. The van der Waals surface area contributed by atoms with E-state index in [1.165, 1.54) is 18.2 Å². The number of para-hydroxylation sites is 4. The van der Waals surface area contributed by atoms with Crippen LogP contribution in [-0.4, -0.2) is 52.8 Å². The lowest BCUT2D eigenvalue weighted by molar-refractivity contribution is -0.140. The Labute approximate surface area is 259 Å². The quantitative estimate of drug-likeness (QED) is 0.139. The number of methoxy groups -OCH3 is 1. The lowest BCUT2D eigenvalue weighted by Crippen LogP contribution is -2.65. The topological polar surface area (TPSA) is 124 Å². The maximum absolute atomic E-state index is 13.8. The largest absolute Gasteiger partial charge is 0.507 e. The van der Waals surface area contributed by atoms with E-state index in [1.807, 2.05) is 31.2 Å². The van der Waals surface area contributed by atoms with Crippen molar-refractivity contribution in [1.29, 1.82) is 0 Å². The Balaban J connectivity index is 1.39. The number of rotatable bonds is 9. The number of aryl methyl sites for hydroxylation is 1. The van der Waals surface area contributed by atoms with E-state index in [1.54, 1.807) is 72.8 Å². The van der Waals surface area contributed by atoms with Crippen LogP contribution >= 0.6 is 12.2 Å². The molecule has 1 fully saturated rings. The van der Waals surface area contributed by atoms with Crippen LogP contribution in [0.3, 0.4) is 0 Å². The molecular weight excluding hydrogens is 578 g/mol. The summed E-state index contributed by atoms with van der Waals surface area (Å²) in [5.41, 5.74) is 5.96. The SMILES string of the molecule is COc1ccccc1N1C(=O)C(CNc2ccccc2C)C(=O)N(NC(=O)c2ccc(N=Cc3ccccc3O)cc2)C1=S. The van der Waals surface area contributed by atoms with Gasteiger partial charge < -0.3 is 15.2 Å². The molecule has 4 aromatic carbocycles. The standard InChI is InChI=1S/C33H29N5O5S/c1-21-9-3-5-11-26(21)35-20-25-31(41)37(27-12-6-8-14-29(27)43-2)33(44)38(32(25)42)36-30(40)22-15-17-24(18-16-22)34-19-23-10-4-7-13-28(23)39/h3-19,25,35,39H,20H2,1-2H3,(H,36,40). The summed E-state index contributed by atoms with van der Waals surface area (Å²) in [6.07, 6.45) is 1.52. The third-order valence-electron chi connectivity index (χ3n) is 7.02. The molecule has 1 aliphatic rings. The number of benzene rings is 4. The molecule has 0 saturated carbocycles. The third-order valence-corrected chi connectivity index (χ3v) is 7.38. The number of ether oxygens (including phenoxy) is 1. The van der Waals surface area contributed by atoms with Gasteiger partial charge in [0.15, 0.2) is 0 Å². The number of nitrogens with one attached hydrogen (secondary N) is 2. The van der Waals surface area contributed by atoms with Gasteiger partial charge in [-0.1, -0.05) is 42.5 Å². The summed E-state index contributed by atoms with van der Waals surface area (Å²) < 4.78 is 5.47. The van der Waals surface area contributed by atoms with E-state index in [-0.39, 0.29) is 23.0 Å². The molecule has 11 heteroatoms. The Bertz CT molecular complexity index is 1760. The molecule has 5 rings (SSSR count). The highest BCUT2D eigenvalue weighted by molar-refractivity contribution is 7.80. The number of carbonyl (C=O) groups excluding carboxylic acids is 3. The highest BCUT2D eigenvalue weighted by Gasteiger charge is 2.46. The van der Waals surface area contributed by atoms with Crippen LogP contribution in [0.15, 0.2) is 102 Å². The number of carbonyl (C=O) groups is 3. The van der Waals surface area contributed by atoms with Gasteiger partial charge >= 0.3 is 0 Å². The van der Waals surface area contributed by atoms with Crippen molar-refractivity contribution in [2.24, 2.45) is 10.9 Å². The number of hydrogen-bond acceptors (Lipinski definition) is 8. The van der Waals surface area contributed by atoms with Crippen molar-refractivity contribution in [2.75, 3.05) is 23.9 Å². The van der Waals surface area contributed by atoms with Gasteiger partial charge in [0.1, 0.15) is 17.4 Å². The molecule has 44 heavy (non-hydrogen) atoms. The lowest BCUT2D eigenvalue weighted by Gasteiger charge is -2.39. The second kappa shape index (κ2) is 13.2. The average Bonchev–Trinajstić information content (AvgIpc) is 3.04. The Morgan fingerprint density at radius 2 is 1.64 bits per heavy atom. The molecule has 1 aliphatic heterocycles. The second-order valence-corrected chi connectivity index (χ2v) is 10.2. The Hall–Kier alpha value is -5.55. The minimum atomic E-state index is -1.21. The molecule has 0 spiro atoms. The number of nitrogens with zero attached hydrogens (tertiary/aromatic N) is 3. The predicted molar refractivity (Wildman–Crippen MR) is 172 cm³/mol. The fraction of sp³-hybridized carbons (Fsp3) is 0.121. The van der Waals surface area contributed by atoms with Crippen LogP contribution in [0, 0.1) is 12.8 Å². The van der Waals surface area contributed by atoms with Crippen LogP contribution in [0.25, 0.3) is 0 Å². The molecule has 1 heterocycles. The summed E-state index contributed by atoms with van der Waals surface area (Å²) >= 11 is 5.60. The van der Waals surface area contributed by atoms with Gasteiger partial charge in [0.2, 0.25) is 11.0 Å². The molecule has 1 atom stereocenters. The van der Waals surface area contributed by atoms with Gasteiger partial charge in [-0.25, -0.2) is 0 Å². The van der Waals surface area contributed by atoms with Crippen molar-refractivity contribution in [3.05, 3.63) is 114 Å². The summed E-state index contributed by atoms with van der Waals surface area (Å²) in [5.74, 6) is -2.58. The first kappa shape index (κ1) is 29.9. The Morgan fingerprint density at radius 1 is 0.955 bits per heavy atom. The third kappa shape index (κ3) is 6.27. The lowest BCUT2D eigenvalue weighted by atomic mass is 10.0. The van der Waals surface area contributed by atoms with Crippen LogP contribution in [0.5, 0.6) is 11.5 Å². The fourth-order valence-electron chi connectivity index (χ4n) is 4.61. The molecule has 0 aliphatic carbocycles. The van der Waals surface area contributed by atoms with Crippen molar-refractivity contribution in [1.82, 2.24) is 10.4 Å². The predicted octanol–water partition coefficient (Wildman–Crippen LogP) is 4.99. The highest BCUT2D eigenvalue weighted by atomic mass is 32.1. The number of anilines is 2. The highest BCUT2D eigenvalue weighted by Crippen LogP contribution is 2.32. The van der Waals surface area contributed by atoms with Crippen molar-refractivity contribution in [2.45, 2.75) is 6.92 Å². The van der Waals surface area contributed by atoms with E-state index >= 15 is 0 Å². The first-order chi connectivity index (χ1) is 21.3. The van der Waals surface area contributed by atoms with E-state index < -0.39 is 23.6 Å². The maximum Gasteiger partial charge on any atom is 0.270 e. The molecule has 0 radical (unpaired) electrons. The molecule has 3 N–H and O–H groups in total. The smallest absolute Gasteiger partial charge is 0.270 e. The molecule has 0 bridgehead atoms.